The number of benzene rings is 2. The summed E-state index contributed by atoms with van der Waals surface area (Å²) in [4.78, 5) is 17.5. The first-order valence-electron chi connectivity index (χ1n) is 12.9. The van der Waals surface area contributed by atoms with Gasteiger partial charge < -0.3 is 24.6 Å². The van der Waals surface area contributed by atoms with Crippen molar-refractivity contribution >= 4 is 23.3 Å². The van der Waals surface area contributed by atoms with Gasteiger partial charge in [0.05, 0.1) is 24.8 Å². The maximum atomic E-state index is 13.4. The standard InChI is InChI=1S/C28H35ClF3N3O3/c1-5-13-35(26(36)33-19-7-8-22(29)21(16-19)28(30,31)32)20-10-11-27(12-14-34(2)25(27)17-20)18-6-9-23(37-3)24(15-18)38-4/h6-9,15-16,20,25H,5,10-14,17H2,1-4H3,(H,33,36)/t20-,25+,27-/m0/s1. The Labute approximate surface area is 227 Å². The lowest BCUT2D eigenvalue weighted by molar-refractivity contribution is -0.137. The van der Waals surface area contributed by atoms with Crippen LogP contribution in [0.1, 0.15) is 50.2 Å². The molecule has 4 rings (SSSR count). The van der Waals surface area contributed by atoms with E-state index in [1.165, 1.54) is 11.6 Å². The summed E-state index contributed by atoms with van der Waals surface area (Å²) < 4.78 is 51.0. The minimum absolute atomic E-state index is 0.0387. The van der Waals surface area contributed by atoms with E-state index in [1.807, 2.05) is 13.0 Å². The Hall–Kier alpha value is -2.65. The number of anilines is 1. The summed E-state index contributed by atoms with van der Waals surface area (Å²) in [5.74, 6) is 1.38. The second-order valence-electron chi connectivity index (χ2n) is 10.2. The van der Waals surface area contributed by atoms with Crippen LogP contribution in [0.15, 0.2) is 36.4 Å². The van der Waals surface area contributed by atoms with Crippen LogP contribution in [0.25, 0.3) is 0 Å². The van der Waals surface area contributed by atoms with Crippen molar-refractivity contribution in [2.45, 2.75) is 62.7 Å². The van der Waals surface area contributed by atoms with Gasteiger partial charge in [0.2, 0.25) is 0 Å². The van der Waals surface area contributed by atoms with Gasteiger partial charge in [0.1, 0.15) is 0 Å². The molecule has 0 spiro atoms. The van der Waals surface area contributed by atoms with Gasteiger partial charge in [0.25, 0.3) is 0 Å². The Bertz CT molecular complexity index is 1160. The van der Waals surface area contributed by atoms with Gasteiger partial charge in [0, 0.05) is 29.7 Å². The number of carbonyl (C=O) groups excluding carboxylic acids is 1. The lowest BCUT2D eigenvalue weighted by Crippen LogP contribution is -2.54. The van der Waals surface area contributed by atoms with E-state index in [2.05, 4.69) is 29.4 Å². The van der Waals surface area contributed by atoms with Crippen molar-refractivity contribution in [1.82, 2.24) is 9.80 Å². The smallest absolute Gasteiger partial charge is 0.417 e. The number of halogens is 4. The number of hydrogen-bond acceptors (Lipinski definition) is 4. The van der Waals surface area contributed by atoms with E-state index in [-0.39, 0.29) is 23.2 Å². The largest absolute Gasteiger partial charge is 0.493 e. The number of nitrogens with one attached hydrogen (secondary N) is 1. The van der Waals surface area contributed by atoms with E-state index in [4.69, 9.17) is 21.1 Å². The maximum Gasteiger partial charge on any atom is 0.417 e. The fraction of sp³-hybridized carbons (Fsp3) is 0.536. The van der Waals surface area contributed by atoms with Crippen molar-refractivity contribution in [2.75, 3.05) is 39.7 Å². The zero-order valence-electron chi connectivity index (χ0n) is 22.2. The van der Waals surface area contributed by atoms with Crippen molar-refractivity contribution in [3.63, 3.8) is 0 Å². The molecule has 1 saturated heterocycles. The van der Waals surface area contributed by atoms with Crippen molar-refractivity contribution in [3.05, 3.63) is 52.5 Å². The fourth-order valence-electron chi connectivity index (χ4n) is 6.23. The quantitative estimate of drug-likeness (QED) is 0.409. The third-order valence-corrected chi connectivity index (χ3v) is 8.48. The Kier molecular flexibility index (Phi) is 8.37. The lowest BCUT2D eigenvalue weighted by atomic mass is 9.64. The number of urea groups is 1. The number of likely N-dealkylation sites (tertiary alicyclic amines) is 1. The SMILES string of the molecule is CCCN(C(=O)Nc1ccc(Cl)c(C(F)(F)F)c1)[C@H]1CC[C@@]2(c3ccc(OC)c(OC)c3)CCN(C)[C@@H]2C1. The number of amides is 2. The summed E-state index contributed by atoms with van der Waals surface area (Å²) in [5.41, 5.74) is 0.234. The third-order valence-electron chi connectivity index (χ3n) is 8.15. The van der Waals surface area contributed by atoms with Crippen LogP contribution in [0.5, 0.6) is 11.5 Å². The molecular formula is C28H35ClF3N3O3. The van der Waals surface area contributed by atoms with Gasteiger partial charge >= 0.3 is 12.2 Å². The molecule has 208 valence electrons. The molecule has 1 aliphatic heterocycles. The molecule has 2 aromatic carbocycles. The first kappa shape index (κ1) is 28.4. The normalized spacial score (nSPS) is 23.6. The van der Waals surface area contributed by atoms with E-state index >= 15 is 0 Å². The monoisotopic (exact) mass is 553 g/mol. The molecule has 0 aromatic heterocycles. The maximum absolute atomic E-state index is 13.4. The summed E-state index contributed by atoms with van der Waals surface area (Å²) >= 11 is 5.75. The highest BCUT2D eigenvalue weighted by Crippen LogP contribution is 2.50. The molecule has 2 aromatic rings. The highest BCUT2D eigenvalue weighted by Gasteiger charge is 2.51. The Morgan fingerprint density at radius 1 is 1.16 bits per heavy atom. The van der Waals surface area contributed by atoms with Crippen LogP contribution >= 0.6 is 11.6 Å². The topological polar surface area (TPSA) is 54.0 Å². The number of fused-ring (bicyclic) bond motifs is 1. The molecule has 2 amide bonds. The highest BCUT2D eigenvalue weighted by molar-refractivity contribution is 6.31. The summed E-state index contributed by atoms with van der Waals surface area (Å²) in [7, 11) is 5.37. The molecule has 3 atom stereocenters. The number of likely N-dealkylation sites (N-methyl/N-ethyl adjacent to an activating group) is 1. The molecule has 10 heteroatoms. The second-order valence-corrected chi connectivity index (χ2v) is 10.6. The van der Waals surface area contributed by atoms with Crippen molar-refractivity contribution in [2.24, 2.45) is 0 Å². The number of methoxy groups -OCH3 is 2. The summed E-state index contributed by atoms with van der Waals surface area (Å²) in [6.07, 6.45) is -0.423. The molecule has 1 N–H and O–H groups in total. The molecule has 1 heterocycles. The van der Waals surface area contributed by atoms with Crippen LogP contribution in [0.3, 0.4) is 0 Å². The van der Waals surface area contributed by atoms with Gasteiger partial charge in [-0.05, 0) is 81.6 Å². The van der Waals surface area contributed by atoms with Crippen LogP contribution in [-0.2, 0) is 11.6 Å². The van der Waals surface area contributed by atoms with Crippen LogP contribution in [0.4, 0.5) is 23.7 Å². The molecule has 38 heavy (non-hydrogen) atoms. The number of rotatable bonds is 7. The summed E-state index contributed by atoms with van der Waals surface area (Å²) in [6.45, 7) is 3.44. The van der Waals surface area contributed by atoms with Gasteiger partial charge in [-0.3, -0.25) is 0 Å². The van der Waals surface area contributed by atoms with Gasteiger partial charge in [0.15, 0.2) is 11.5 Å². The molecule has 2 fully saturated rings. The van der Waals surface area contributed by atoms with Crippen molar-refractivity contribution < 1.29 is 27.4 Å². The number of hydrogen-bond donors (Lipinski definition) is 1. The van der Waals surface area contributed by atoms with Crippen LogP contribution in [0, 0.1) is 0 Å². The molecule has 1 aliphatic carbocycles. The molecule has 1 saturated carbocycles. The first-order chi connectivity index (χ1) is 18.0. The van der Waals surface area contributed by atoms with Gasteiger partial charge in [-0.2, -0.15) is 13.2 Å². The van der Waals surface area contributed by atoms with E-state index in [0.717, 1.165) is 50.8 Å². The average Bonchev–Trinajstić information content (AvgIpc) is 3.23. The number of carbonyl (C=O) groups is 1. The first-order valence-corrected chi connectivity index (χ1v) is 13.3. The number of nitrogens with zero attached hydrogens (tertiary/aromatic N) is 2. The van der Waals surface area contributed by atoms with Gasteiger partial charge in [-0.25, -0.2) is 4.79 Å². The zero-order valence-corrected chi connectivity index (χ0v) is 23.0. The summed E-state index contributed by atoms with van der Waals surface area (Å²) in [6, 6.07) is 9.35. The van der Waals surface area contributed by atoms with E-state index < -0.39 is 22.8 Å². The van der Waals surface area contributed by atoms with Crippen molar-refractivity contribution in [3.8, 4) is 11.5 Å². The molecule has 6 nitrogen and oxygen atoms in total. The minimum atomic E-state index is -4.61. The predicted octanol–water partition coefficient (Wildman–Crippen LogP) is 6.81. The average molecular weight is 554 g/mol. The van der Waals surface area contributed by atoms with Gasteiger partial charge in [-0.1, -0.05) is 24.6 Å². The van der Waals surface area contributed by atoms with E-state index in [0.29, 0.717) is 18.0 Å². The second kappa shape index (κ2) is 11.2. The zero-order chi connectivity index (χ0) is 27.7. The Morgan fingerprint density at radius 2 is 1.89 bits per heavy atom. The fourth-order valence-corrected chi connectivity index (χ4v) is 6.46. The lowest BCUT2D eigenvalue weighted by Gasteiger charge is -2.47. The predicted molar refractivity (Wildman–Crippen MR) is 142 cm³/mol. The molecule has 0 radical (unpaired) electrons. The van der Waals surface area contributed by atoms with Crippen LogP contribution in [-0.4, -0.2) is 62.3 Å². The van der Waals surface area contributed by atoms with E-state index in [1.54, 1.807) is 19.1 Å². The minimum Gasteiger partial charge on any atom is -0.493 e. The van der Waals surface area contributed by atoms with E-state index in [9.17, 15) is 18.0 Å². The Balaban J connectivity index is 1.57. The number of alkyl halides is 3. The Morgan fingerprint density at radius 3 is 2.55 bits per heavy atom. The molecule has 0 unspecified atom stereocenters. The van der Waals surface area contributed by atoms with Crippen molar-refractivity contribution in [1.29, 1.82) is 0 Å². The van der Waals surface area contributed by atoms with Crippen LogP contribution < -0.4 is 14.8 Å². The molecule has 2 aliphatic rings. The molecule has 0 bridgehead atoms. The highest BCUT2D eigenvalue weighted by atomic mass is 35.5. The number of ether oxygens (including phenoxy) is 2. The van der Waals surface area contributed by atoms with Crippen LogP contribution in [0.2, 0.25) is 5.02 Å². The molecular weight excluding hydrogens is 519 g/mol. The summed E-state index contributed by atoms with van der Waals surface area (Å²) in [5, 5.41) is 2.29. The third kappa shape index (κ3) is 5.41. The van der Waals surface area contributed by atoms with Gasteiger partial charge in [-0.15, -0.1) is 0 Å².